The molecule has 21 heavy (non-hydrogen) atoms. The fourth-order valence-electron chi connectivity index (χ4n) is 1.82. The molecule has 110 valence electrons. The van der Waals surface area contributed by atoms with Crippen LogP contribution < -0.4 is 0 Å². The van der Waals surface area contributed by atoms with E-state index in [4.69, 9.17) is 28.3 Å². The van der Waals surface area contributed by atoms with Crippen LogP contribution >= 0.6 is 35.0 Å². The van der Waals surface area contributed by atoms with Crippen LogP contribution in [0.3, 0.4) is 0 Å². The van der Waals surface area contributed by atoms with Gasteiger partial charge in [-0.2, -0.15) is 0 Å². The number of hydrogen-bond donors (Lipinski definition) is 1. The average Bonchev–Trinajstić information content (AvgIpc) is 2.46. The molecule has 2 aromatic rings. The van der Waals surface area contributed by atoms with Gasteiger partial charge in [-0.15, -0.1) is 11.8 Å². The normalized spacial score (nSPS) is 12.1. The Morgan fingerprint density at radius 2 is 1.71 bits per heavy atom. The predicted octanol–water partition coefficient (Wildman–Crippen LogP) is 5.47. The topological polar surface area (TPSA) is 37.3 Å². The standard InChI is InChI=1S/C16H14Cl2O2S/c1-10(16(19)20)12-7-5-11(6-8-12)9-21-15-13(17)3-2-4-14(15)18/h2-8,10H,9H2,1H3,(H,19,20). The lowest BCUT2D eigenvalue weighted by Crippen LogP contribution is -2.07. The summed E-state index contributed by atoms with van der Waals surface area (Å²) in [5, 5.41) is 10.3. The van der Waals surface area contributed by atoms with E-state index < -0.39 is 11.9 Å². The maximum atomic E-state index is 10.9. The molecule has 0 bridgehead atoms. The third-order valence-electron chi connectivity index (χ3n) is 3.15. The number of halogens is 2. The van der Waals surface area contributed by atoms with E-state index in [2.05, 4.69) is 0 Å². The number of carbonyl (C=O) groups is 1. The molecule has 2 rings (SSSR count). The number of rotatable bonds is 5. The number of carboxylic acid groups (broad SMARTS) is 1. The molecule has 1 unspecified atom stereocenters. The van der Waals surface area contributed by atoms with Crippen LogP contribution in [-0.4, -0.2) is 11.1 Å². The second-order valence-corrected chi connectivity index (χ2v) is 6.44. The van der Waals surface area contributed by atoms with Gasteiger partial charge < -0.3 is 5.11 Å². The Hall–Kier alpha value is -1.16. The minimum absolute atomic E-state index is 0.496. The SMILES string of the molecule is CC(C(=O)O)c1ccc(CSc2c(Cl)cccc2Cl)cc1. The zero-order chi connectivity index (χ0) is 15.4. The second-order valence-electron chi connectivity index (χ2n) is 4.64. The van der Waals surface area contributed by atoms with Gasteiger partial charge in [0.1, 0.15) is 0 Å². The summed E-state index contributed by atoms with van der Waals surface area (Å²) in [4.78, 5) is 11.8. The lowest BCUT2D eigenvalue weighted by Gasteiger charge is -2.09. The zero-order valence-electron chi connectivity index (χ0n) is 11.3. The number of hydrogen-bond acceptors (Lipinski definition) is 2. The van der Waals surface area contributed by atoms with Crippen molar-refractivity contribution in [2.75, 3.05) is 0 Å². The van der Waals surface area contributed by atoms with E-state index in [0.29, 0.717) is 10.0 Å². The van der Waals surface area contributed by atoms with Crippen LogP contribution in [0.25, 0.3) is 0 Å². The Kier molecular flexibility index (Phi) is 5.57. The highest BCUT2D eigenvalue weighted by Crippen LogP contribution is 2.35. The van der Waals surface area contributed by atoms with E-state index in [1.807, 2.05) is 42.5 Å². The van der Waals surface area contributed by atoms with E-state index in [1.165, 1.54) is 0 Å². The summed E-state index contributed by atoms with van der Waals surface area (Å²) in [6.45, 7) is 1.68. The van der Waals surface area contributed by atoms with Crippen molar-refractivity contribution in [1.82, 2.24) is 0 Å². The van der Waals surface area contributed by atoms with Crippen LogP contribution in [-0.2, 0) is 10.5 Å². The molecule has 0 amide bonds. The third kappa shape index (κ3) is 4.16. The molecular formula is C16H14Cl2O2S. The molecule has 0 spiro atoms. The largest absolute Gasteiger partial charge is 0.481 e. The van der Waals surface area contributed by atoms with Crippen molar-refractivity contribution in [3.63, 3.8) is 0 Å². The molecule has 0 saturated heterocycles. The number of benzene rings is 2. The Morgan fingerprint density at radius 1 is 1.14 bits per heavy atom. The van der Waals surface area contributed by atoms with E-state index in [9.17, 15) is 4.79 Å². The van der Waals surface area contributed by atoms with E-state index in [1.54, 1.807) is 18.7 Å². The van der Waals surface area contributed by atoms with Gasteiger partial charge in [0.15, 0.2) is 0 Å². The smallest absolute Gasteiger partial charge is 0.310 e. The van der Waals surface area contributed by atoms with Crippen LogP contribution in [0.2, 0.25) is 10.0 Å². The molecule has 0 aromatic heterocycles. The molecule has 1 N–H and O–H groups in total. The fraction of sp³-hybridized carbons (Fsp3) is 0.188. The molecular weight excluding hydrogens is 327 g/mol. The van der Waals surface area contributed by atoms with E-state index >= 15 is 0 Å². The number of aliphatic carboxylic acids is 1. The van der Waals surface area contributed by atoms with Crippen molar-refractivity contribution >= 4 is 40.9 Å². The number of carboxylic acids is 1. The van der Waals surface area contributed by atoms with Gasteiger partial charge in [0.25, 0.3) is 0 Å². The van der Waals surface area contributed by atoms with Gasteiger partial charge in [-0.3, -0.25) is 4.79 Å². The van der Waals surface area contributed by atoms with Crippen LogP contribution in [0.5, 0.6) is 0 Å². The molecule has 2 nitrogen and oxygen atoms in total. The molecule has 0 aliphatic heterocycles. The van der Waals surface area contributed by atoms with Crippen molar-refractivity contribution in [1.29, 1.82) is 0 Å². The van der Waals surface area contributed by atoms with Gasteiger partial charge in [-0.25, -0.2) is 0 Å². The lowest BCUT2D eigenvalue weighted by molar-refractivity contribution is -0.138. The van der Waals surface area contributed by atoms with Crippen LogP contribution in [0.1, 0.15) is 24.0 Å². The van der Waals surface area contributed by atoms with Gasteiger partial charge in [0.05, 0.1) is 16.0 Å². The maximum Gasteiger partial charge on any atom is 0.310 e. The molecule has 0 saturated carbocycles. The summed E-state index contributed by atoms with van der Waals surface area (Å²) in [5.74, 6) is -0.588. The van der Waals surface area contributed by atoms with E-state index in [0.717, 1.165) is 21.8 Å². The summed E-state index contributed by atoms with van der Waals surface area (Å²) < 4.78 is 0. The van der Waals surface area contributed by atoms with Crippen molar-refractivity contribution in [3.05, 3.63) is 63.6 Å². The van der Waals surface area contributed by atoms with Crippen molar-refractivity contribution in [3.8, 4) is 0 Å². The highest BCUT2D eigenvalue weighted by molar-refractivity contribution is 7.98. The molecule has 5 heteroatoms. The van der Waals surface area contributed by atoms with Gasteiger partial charge in [0, 0.05) is 10.6 Å². The van der Waals surface area contributed by atoms with Gasteiger partial charge >= 0.3 is 5.97 Å². The molecule has 0 fully saturated rings. The van der Waals surface area contributed by atoms with Gasteiger partial charge in [-0.05, 0) is 30.2 Å². The quantitative estimate of drug-likeness (QED) is 0.732. The Bertz CT molecular complexity index is 621. The second kappa shape index (κ2) is 7.21. The molecule has 0 heterocycles. The monoisotopic (exact) mass is 340 g/mol. The summed E-state index contributed by atoms with van der Waals surface area (Å²) in [5.41, 5.74) is 1.89. The third-order valence-corrected chi connectivity index (χ3v) is 5.21. The fourth-order valence-corrected chi connectivity index (χ4v) is 3.46. The van der Waals surface area contributed by atoms with Gasteiger partial charge in [-0.1, -0.05) is 53.5 Å². The van der Waals surface area contributed by atoms with Crippen LogP contribution in [0.15, 0.2) is 47.4 Å². The van der Waals surface area contributed by atoms with Crippen LogP contribution in [0.4, 0.5) is 0 Å². The van der Waals surface area contributed by atoms with Crippen molar-refractivity contribution in [2.45, 2.75) is 23.5 Å². The summed E-state index contributed by atoms with van der Waals surface area (Å²) in [7, 11) is 0. The average molecular weight is 341 g/mol. The molecule has 1 atom stereocenters. The first-order valence-corrected chi connectivity index (χ1v) is 8.11. The van der Waals surface area contributed by atoms with Crippen LogP contribution in [0, 0.1) is 0 Å². The first kappa shape index (κ1) is 16.2. The van der Waals surface area contributed by atoms with Gasteiger partial charge in [0.2, 0.25) is 0 Å². The van der Waals surface area contributed by atoms with E-state index in [-0.39, 0.29) is 0 Å². The first-order chi connectivity index (χ1) is 9.99. The van der Waals surface area contributed by atoms with Crippen molar-refractivity contribution in [2.24, 2.45) is 0 Å². The molecule has 0 aliphatic rings. The highest BCUT2D eigenvalue weighted by atomic mass is 35.5. The Labute approximate surface area is 138 Å². The van der Waals surface area contributed by atoms with Crippen molar-refractivity contribution < 1.29 is 9.90 Å². The molecule has 0 radical (unpaired) electrons. The molecule has 2 aromatic carbocycles. The lowest BCUT2D eigenvalue weighted by atomic mass is 10.0. The summed E-state index contributed by atoms with van der Waals surface area (Å²) in [6.07, 6.45) is 0. The Balaban J connectivity index is 2.06. The minimum atomic E-state index is -0.819. The summed E-state index contributed by atoms with van der Waals surface area (Å²) >= 11 is 13.8. The minimum Gasteiger partial charge on any atom is -0.481 e. The number of thioether (sulfide) groups is 1. The Morgan fingerprint density at radius 3 is 2.24 bits per heavy atom. The maximum absolute atomic E-state index is 10.9. The first-order valence-electron chi connectivity index (χ1n) is 6.37. The highest BCUT2D eigenvalue weighted by Gasteiger charge is 2.13. The predicted molar refractivity (Wildman–Crippen MR) is 88.5 cm³/mol. The zero-order valence-corrected chi connectivity index (χ0v) is 13.7. The molecule has 0 aliphatic carbocycles. The summed E-state index contributed by atoms with van der Waals surface area (Å²) in [6, 6.07) is 13.0.